The zero-order valence-corrected chi connectivity index (χ0v) is 7.71. The first-order valence-electron chi connectivity index (χ1n) is 4.16. The van der Waals surface area contributed by atoms with Gasteiger partial charge < -0.3 is 10.8 Å². The third kappa shape index (κ3) is 5.92. The summed E-state index contributed by atoms with van der Waals surface area (Å²) >= 11 is 0. The predicted octanol–water partition coefficient (Wildman–Crippen LogP) is 1.39. The van der Waals surface area contributed by atoms with E-state index in [4.69, 9.17) is 10.8 Å². The Morgan fingerprint density at radius 3 is 2.50 bits per heavy atom. The van der Waals surface area contributed by atoms with Gasteiger partial charge in [0.25, 0.3) is 0 Å². The zero-order valence-electron chi connectivity index (χ0n) is 7.71. The minimum atomic E-state index is -0.782. The molecule has 3 heteroatoms. The lowest BCUT2D eigenvalue weighted by molar-refractivity contribution is -0.136. The molecule has 3 nitrogen and oxygen atoms in total. The molecule has 0 aromatic rings. The third-order valence-electron chi connectivity index (χ3n) is 1.46. The highest BCUT2D eigenvalue weighted by Crippen LogP contribution is 2.13. The van der Waals surface area contributed by atoms with Crippen molar-refractivity contribution in [1.82, 2.24) is 0 Å². The zero-order chi connectivity index (χ0) is 9.56. The van der Waals surface area contributed by atoms with E-state index in [0.29, 0.717) is 12.5 Å². The molecule has 12 heavy (non-hydrogen) atoms. The SMILES string of the molecule is CC(C)C/C(=C/CN)CC(=O)O. The van der Waals surface area contributed by atoms with Crippen LogP contribution in [0.4, 0.5) is 0 Å². The van der Waals surface area contributed by atoms with Gasteiger partial charge in [-0.05, 0) is 12.3 Å². The Balaban J connectivity index is 4.05. The fraction of sp³-hybridized carbons (Fsp3) is 0.667. The number of aliphatic carboxylic acids is 1. The average Bonchev–Trinajstić information content (AvgIpc) is 1.84. The summed E-state index contributed by atoms with van der Waals surface area (Å²) in [6, 6.07) is 0. The molecule has 0 amide bonds. The lowest BCUT2D eigenvalue weighted by Gasteiger charge is -2.07. The first-order valence-corrected chi connectivity index (χ1v) is 4.16. The van der Waals surface area contributed by atoms with Gasteiger partial charge in [0.1, 0.15) is 0 Å². The van der Waals surface area contributed by atoms with Crippen molar-refractivity contribution in [1.29, 1.82) is 0 Å². The first-order chi connectivity index (χ1) is 5.56. The smallest absolute Gasteiger partial charge is 0.307 e. The molecule has 0 atom stereocenters. The number of nitrogens with two attached hydrogens (primary N) is 1. The molecule has 0 radical (unpaired) electrons. The summed E-state index contributed by atoms with van der Waals surface area (Å²) in [5, 5.41) is 8.54. The van der Waals surface area contributed by atoms with E-state index < -0.39 is 5.97 Å². The molecule has 0 unspecified atom stereocenters. The van der Waals surface area contributed by atoms with Crippen molar-refractivity contribution in [3.63, 3.8) is 0 Å². The average molecular weight is 171 g/mol. The van der Waals surface area contributed by atoms with Gasteiger partial charge in [0.05, 0.1) is 6.42 Å². The maximum absolute atomic E-state index is 10.4. The van der Waals surface area contributed by atoms with Crippen LogP contribution in [0.3, 0.4) is 0 Å². The van der Waals surface area contributed by atoms with Crippen molar-refractivity contribution >= 4 is 5.97 Å². The Labute approximate surface area is 73.3 Å². The van der Waals surface area contributed by atoms with Crippen molar-refractivity contribution in [2.45, 2.75) is 26.7 Å². The molecule has 0 spiro atoms. The summed E-state index contributed by atoms with van der Waals surface area (Å²) in [5.74, 6) is -0.294. The van der Waals surface area contributed by atoms with Crippen molar-refractivity contribution in [3.8, 4) is 0 Å². The van der Waals surface area contributed by atoms with E-state index in [0.717, 1.165) is 12.0 Å². The Morgan fingerprint density at radius 2 is 2.17 bits per heavy atom. The van der Waals surface area contributed by atoms with Gasteiger partial charge in [-0.2, -0.15) is 0 Å². The van der Waals surface area contributed by atoms with Gasteiger partial charge in [-0.3, -0.25) is 4.79 Å². The monoisotopic (exact) mass is 171 g/mol. The van der Waals surface area contributed by atoms with Crippen LogP contribution in [0.25, 0.3) is 0 Å². The van der Waals surface area contributed by atoms with E-state index in [1.165, 1.54) is 0 Å². The predicted molar refractivity (Wildman–Crippen MR) is 48.8 cm³/mol. The molecule has 0 aromatic heterocycles. The quantitative estimate of drug-likeness (QED) is 0.614. The van der Waals surface area contributed by atoms with Gasteiger partial charge in [-0.1, -0.05) is 25.5 Å². The Hall–Kier alpha value is -0.830. The third-order valence-corrected chi connectivity index (χ3v) is 1.46. The second kappa shape index (κ2) is 5.77. The fourth-order valence-electron chi connectivity index (χ4n) is 1.11. The van der Waals surface area contributed by atoms with Crippen LogP contribution in [0, 0.1) is 5.92 Å². The van der Waals surface area contributed by atoms with Gasteiger partial charge >= 0.3 is 5.97 Å². The Bertz CT molecular complexity index is 173. The summed E-state index contributed by atoms with van der Waals surface area (Å²) in [7, 11) is 0. The van der Waals surface area contributed by atoms with Crippen LogP contribution in [-0.2, 0) is 4.79 Å². The number of hydrogen-bond donors (Lipinski definition) is 2. The maximum atomic E-state index is 10.4. The largest absolute Gasteiger partial charge is 0.481 e. The molecule has 0 aromatic carbocycles. The molecule has 3 N–H and O–H groups in total. The summed E-state index contributed by atoms with van der Waals surface area (Å²) in [5.41, 5.74) is 6.24. The maximum Gasteiger partial charge on any atom is 0.307 e. The molecule has 0 aliphatic carbocycles. The number of carbonyl (C=O) groups is 1. The minimum Gasteiger partial charge on any atom is -0.481 e. The molecule has 0 bridgehead atoms. The minimum absolute atomic E-state index is 0.120. The van der Waals surface area contributed by atoms with E-state index in [1.807, 2.05) is 0 Å². The van der Waals surface area contributed by atoms with Gasteiger partial charge in [0, 0.05) is 6.54 Å². The Morgan fingerprint density at radius 1 is 1.58 bits per heavy atom. The van der Waals surface area contributed by atoms with E-state index in [1.54, 1.807) is 6.08 Å². The van der Waals surface area contributed by atoms with Crippen LogP contribution < -0.4 is 5.73 Å². The standard InChI is InChI=1S/C9H17NO2/c1-7(2)5-8(3-4-10)6-9(11)12/h3,7H,4-6,10H2,1-2H3,(H,11,12)/b8-3-. The molecular formula is C9H17NO2. The topological polar surface area (TPSA) is 63.3 Å². The van der Waals surface area contributed by atoms with E-state index in [-0.39, 0.29) is 6.42 Å². The fourth-order valence-corrected chi connectivity index (χ4v) is 1.11. The van der Waals surface area contributed by atoms with E-state index in [9.17, 15) is 4.79 Å². The van der Waals surface area contributed by atoms with E-state index >= 15 is 0 Å². The summed E-state index contributed by atoms with van der Waals surface area (Å²) in [4.78, 5) is 10.4. The molecule has 0 fully saturated rings. The number of hydrogen-bond acceptors (Lipinski definition) is 2. The molecule has 0 saturated carbocycles. The summed E-state index contributed by atoms with van der Waals surface area (Å²) < 4.78 is 0. The lowest BCUT2D eigenvalue weighted by Crippen LogP contribution is -2.03. The second-order valence-corrected chi connectivity index (χ2v) is 3.27. The van der Waals surface area contributed by atoms with Gasteiger partial charge in [0.2, 0.25) is 0 Å². The molecule has 70 valence electrons. The molecule has 0 aliphatic heterocycles. The van der Waals surface area contributed by atoms with Crippen molar-refractivity contribution in [2.75, 3.05) is 6.54 Å². The molecular weight excluding hydrogens is 154 g/mol. The second-order valence-electron chi connectivity index (χ2n) is 3.27. The van der Waals surface area contributed by atoms with Crippen LogP contribution in [0.15, 0.2) is 11.6 Å². The molecule has 0 saturated heterocycles. The lowest BCUT2D eigenvalue weighted by atomic mass is 10.0. The molecule has 0 heterocycles. The van der Waals surface area contributed by atoms with Crippen molar-refractivity contribution < 1.29 is 9.90 Å². The van der Waals surface area contributed by atoms with E-state index in [2.05, 4.69) is 13.8 Å². The van der Waals surface area contributed by atoms with Crippen molar-refractivity contribution in [3.05, 3.63) is 11.6 Å². The molecule has 0 aliphatic rings. The first kappa shape index (κ1) is 11.2. The Kier molecular flexibility index (Phi) is 5.37. The number of carboxylic acid groups (broad SMARTS) is 1. The number of rotatable bonds is 5. The number of carboxylic acids is 1. The van der Waals surface area contributed by atoms with Crippen LogP contribution in [0.5, 0.6) is 0 Å². The van der Waals surface area contributed by atoms with Gasteiger partial charge in [-0.15, -0.1) is 0 Å². The van der Waals surface area contributed by atoms with Crippen LogP contribution in [0.2, 0.25) is 0 Å². The van der Waals surface area contributed by atoms with Crippen molar-refractivity contribution in [2.24, 2.45) is 11.7 Å². The summed E-state index contributed by atoms with van der Waals surface area (Å²) in [6.07, 6.45) is 2.74. The van der Waals surface area contributed by atoms with Gasteiger partial charge in [-0.25, -0.2) is 0 Å². The summed E-state index contributed by atoms with van der Waals surface area (Å²) in [6.45, 7) is 4.55. The van der Waals surface area contributed by atoms with Crippen LogP contribution in [0.1, 0.15) is 26.7 Å². The van der Waals surface area contributed by atoms with Crippen LogP contribution in [-0.4, -0.2) is 17.6 Å². The van der Waals surface area contributed by atoms with Crippen LogP contribution >= 0.6 is 0 Å². The normalized spacial score (nSPS) is 12.2. The highest BCUT2D eigenvalue weighted by atomic mass is 16.4. The highest BCUT2D eigenvalue weighted by Gasteiger charge is 2.05. The molecule has 0 rings (SSSR count). The van der Waals surface area contributed by atoms with Gasteiger partial charge in [0.15, 0.2) is 0 Å². The highest BCUT2D eigenvalue weighted by molar-refractivity contribution is 5.69.